The molecule has 1 atom stereocenters. The Morgan fingerprint density at radius 3 is 2.45 bits per heavy atom. The Morgan fingerprint density at radius 1 is 1.25 bits per heavy atom. The molecule has 0 spiro atoms. The quantitative estimate of drug-likeness (QED) is 0.899. The van der Waals surface area contributed by atoms with Gasteiger partial charge in [-0.2, -0.15) is 13.2 Å². The van der Waals surface area contributed by atoms with Gasteiger partial charge in [0, 0.05) is 22.7 Å². The van der Waals surface area contributed by atoms with Crippen LogP contribution in [0.5, 0.6) is 0 Å². The van der Waals surface area contributed by atoms with Crippen molar-refractivity contribution in [3.8, 4) is 10.6 Å². The van der Waals surface area contributed by atoms with Crippen molar-refractivity contribution in [3.63, 3.8) is 0 Å². The molecule has 0 bridgehead atoms. The molecule has 1 aromatic heterocycles. The molecule has 108 valence electrons. The summed E-state index contributed by atoms with van der Waals surface area (Å²) in [6.07, 6.45) is -2.53. The maximum absolute atomic E-state index is 12.5. The summed E-state index contributed by atoms with van der Waals surface area (Å²) in [7, 11) is 0. The number of alkyl halides is 3. The number of rotatable bonds is 4. The van der Waals surface area contributed by atoms with E-state index in [4.69, 9.17) is 0 Å². The van der Waals surface area contributed by atoms with Crippen LogP contribution in [-0.4, -0.2) is 11.5 Å². The standard InChI is InChI=1S/C14H15F3N2S/c1-3-18-9(2)12-8-19-13(20-12)10-4-6-11(7-5-10)14(15,16)17/h4-9,18H,3H2,1-2H3. The summed E-state index contributed by atoms with van der Waals surface area (Å²) in [6, 6.07) is 5.29. The SMILES string of the molecule is CCNC(C)c1cnc(-c2ccc(C(F)(F)F)cc2)s1. The highest BCUT2D eigenvalue weighted by molar-refractivity contribution is 7.15. The van der Waals surface area contributed by atoms with Gasteiger partial charge in [0.2, 0.25) is 0 Å². The van der Waals surface area contributed by atoms with Crippen LogP contribution in [0.3, 0.4) is 0 Å². The van der Waals surface area contributed by atoms with Gasteiger partial charge in [-0.15, -0.1) is 11.3 Å². The van der Waals surface area contributed by atoms with E-state index in [1.54, 1.807) is 6.20 Å². The lowest BCUT2D eigenvalue weighted by Gasteiger charge is -2.08. The number of nitrogens with one attached hydrogen (secondary N) is 1. The van der Waals surface area contributed by atoms with Gasteiger partial charge in [0.15, 0.2) is 0 Å². The van der Waals surface area contributed by atoms with Crippen LogP contribution < -0.4 is 5.32 Å². The zero-order valence-electron chi connectivity index (χ0n) is 11.2. The minimum Gasteiger partial charge on any atom is -0.310 e. The summed E-state index contributed by atoms with van der Waals surface area (Å²) in [5.41, 5.74) is 0.0667. The summed E-state index contributed by atoms with van der Waals surface area (Å²) in [4.78, 5) is 5.35. The van der Waals surface area contributed by atoms with E-state index in [1.165, 1.54) is 23.5 Å². The van der Waals surface area contributed by atoms with Gasteiger partial charge in [0.25, 0.3) is 0 Å². The van der Waals surface area contributed by atoms with Crippen LogP contribution in [0.2, 0.25) is 0 Å². The Kier molecular flexibility index (Phi) is 4.45. The fourth-order valence-corrected chi connectivity index (χ4v) is 2.78. The van der Waals surface area contributed by atoms with Gasteiger partial charge in [0.05, 0.1) is 5.56 Å². The number of hydrogen-bond donors (Lipinski definition) is 1. The van der Waals surface area contributed by atoms with Gasteiger partial charge in [-0.25, -0.2) is 4.98 Å². The molecule has 2 nitrogen and oxygen atoms in total. The summed E-state index contributed by atoms with van der Waals surface area (Å²) in [6.45, 7) is 4.91. The minimum atomic E-state index is -4.30. The second-order valence-corrected chi connectivity index (χ2v) is 5.48. The number of thiazole rings is 1. The summed E-state index contributed by atoms with van der Waals surface area (Å²) in [5, 5.41) is 4.01. The van der Waals surface area contributed by atoms with Crippen LogP contribution >= 0.6 is 11.3 Å². The number of aromatic nitrogens is 1. The minimum absolute atomic E-state index is 0.195. The summed E-state index contributed by atoms with van der Waals surface area (Å²) in [5.74, 6) is 0. The van der Waals surface area contributed by atoms with Crippen molar-refractivity contribution < 1.29 is 13.2 Å². The first-order chi connectivity index (χ1) is 9.41. The summed E-state index contributed by atoms with van der Waals surface area (Å²) >= 11 is 1.49. The van der Waals surface area contributed by atoms with Crippen molar-refractivity contribution in [3.05, 3.63) is 40.9 Å². The molecule has 0 saturated carbocycles. The molecule has 0 amide bonds. The Bertz CT molecular complexity index is 561. The molecule has 2 aromatic rings. The van der Waals surface area contributed by atoms with Crippen LogP contribution in [0, 0.1) is 0 Å². The van der Waals surface area contributed by atoms with E-state index in [2.05, 4.69) is 10.3 Å². The lowest BCUT2D eigenvalue weighted by molar-refractivity contribution is -0.137. The van der Waals surface area contributed by atoms with Crippen LogP contribution in [-0.2, 0) is 6.18 Å². The molecule has 2 rings (SSSR count). The molecule has 0 saturated heterocycles. The Hall–Kier alpha value is -1.40. The molecule has 6 heteroatoms. The topological polar surface area (TPSA) is 24.9 Å². The van der Waals surface area contributed by atoms with Crippen molar-refractivity contribution >= 4 is 11.3 Å². The molecular formula is C14H15F3N2S. The molecule has 1 aromatic carbocycles. The third-order valence-corrected chi connectivity index (χ3v) is 4.15. The lowest BCUT2D eigenvalue weighted by Crippen LogP contribution is -2.16. The molecule has 0 aliphatic rings. The number of nitrogens with zero attached hydrogens (tertiary/aromatic N) is 1. The van der Waals surface area contributed by atoms with E-state index in [1.807, 2.05) is 13.8 Å². The number of halogens is 3. The lowest BCUT2D eigenvalue weighted by atomic mass is 10.1. The van der Waals surface area contributed by atoms with Gasteiger partial charge in [-0.05, 0) is 25.6 Å². The Morgan fingerprint density at radius 2 is 1.90 bits per heavy atom. The molecule has 0 radical (unpaired) electrons. The third-order valence-electron chi connectivity index (χ3n) is 2.92. The van der Waals surface area contributed by atoms with Crippen LogP contribution in [0.15, 0.2) is 30.5 Å². The van der Waals surface area contributed by atoms with Gasteiger partial charge in [0.1, 0.15) is 5.01 Å². The van der Waals surface area contributed by atoms with E-state index >= 15 is 0 Å². The molecule has 0 aliphatic heterocycles. The smallest absolute Gasteiger partial charge is 0.310 e. The zero-order valence-corrected chi connectivity index (χ0v) is 12.0. The highest BCUT2D eigenvalue weighted by Gasteiger charge is 2.30. The molecule has 0 aliphatic carbocycles. The van der Waals surface area contributed by atoms with E-state index in [9.17, 15) is 13.2 Å². The maximum Gasteiger partial charge on any atom is 0.416 e. The molecule has 1 unspecified atom stereocenters. The van der Waals surface area contributed by atoms with Crippen molar-refractivity contribution in [2.75, 3.05) is 6.54 Å². The summed E-state index contributed by atoms with van der Waals surface area (Å²) < 4.78 is 37.5. The average molecular weight is 300 g/mol. The van der Waals surface area contributed by atoms with E-state index < -0.39 is 11.7 Å². The molecule has 20 heavy (non-hydrogen) atoms. The van der Waals surface area contributed by atoms with E-state index in [0.717, 1.165) is 28.6 Å². The first-order valence-electron chi connectivity index (χ1n) is 6.28. The van der Waals surface area contributed by atoms with Gasteiger partial charge >= 0.3 is 6.18 Å². The maximum atomic E-state index is 12.5. The fourth-order valence-electron chi connectivity index (χ4n) is 1.83. The number of benzene rings is 1. The zero-order chi connectivity index (χ0) is 14.8. The number of hydrogen-bond acceptors (Lipinski definition) is 3. The van der Waals surface area contributed by atoms with E-state index in [-0.39, 0.29) is 6.04 Å². The monoisotopic (exact) mass is 300 g/mol. The fraction of sp³-hybridized carbons (Fsp3) is 0.357. The van der Waals surface area contributed by atoms with Gasteiger partial charge in [-0.1, -0.05) is 19.1 Å². The molecule has 1 N–H and O–H groups in total. The highest BCUT2D eigenvalue weighted by Crippen LogP contribution is 2.33. The first-order valence-corrected chi connectivity index (χ1v) is 7.10. The third kappa shape index (κ3) is 3.37. The van der Waals surface area contributed by atoms with Gasteiger partial charge in [-0.3, -0.25) is 0 Å². The molecule has 1 heterocycles. The average Bonchev–Trinajstić information content (AvgIpc) is 2.88. The highest BCUT2D eigenvalue weighted by atomic mass is 32.1. The largest absolute Gasteiger partial charge is 0.416 e. The predicted molar refractivity (Wildman–Crippen MR) is 74.6 cm³/mol. The van der Waals surface area contributed by atoms with Crippen LogP contribution in [0.4, 0.5) is 13.2 Å². The Labute approximate surface area is 119 Å². The molecular weight excluding hydrogens is 285 g/mol. The van der Waals surface area contributed by atoms with E-state index in [0.29, 0.717) is 5.56 Å². The van der Waals surface area contributed by atoms with Gasteiger partial charge < -0.3 is 5.32 Å². The van der Waals surface area contributed by atoms with Crippen molar-refractivity contribution in [2.24, 2.45) is 0 Å². The van der Waals surface area contributed by atoms with Crippen molar-refractivity contribution in [1.29, 1.82) is 0 Å². The second kappa shape index (κ2) is 5.93. The Balaban J connectivity index is 2.20. The normalized spacial score (nSPS) is 13.4. The van der Waals surface area contributed by atoms with Crippen molar-refractivity contribution in [2.45, 2.75) is 26.1 Å². The van der Waals surface area contributed by atoms with Crippen LogP contribution in [0.1, 0.15) is 30.3 Å². The van der Waals surface area contributed by atoms with Crippen molar-refractivity contribution in [1.82, 2.24) is 10.3 Å². The second-order valence-electron chi connectivity index (χ2n) is 4.42. The predicted octanol–water partition coefficient (Wildman–Crippen LogP) is 4.50. The first kappa shape index (κ1) is 15.0. The van der Waals surface area contributed by atoms with Crippen LogP contribution in [0.25, 0.3) is 10.6 Å². The molecule has 0 fully saturated rings.